The first-order chi connectivity index (χ1) is 9.54. The Hall–Kier alpha value is -1.32. The average Bonchev–Trinajstić information content (AvgIpc) is 2.86. The maximum Gasteiger partial charge on any atom is 0.307 e. The molecule has 1 aliphatic carbocycles. The lowest BCUT2D eigenvalue weighted by molar-refractivity contribution is -0.144. The second-order valence-corrected chi connectivity index (χ2v) is 6.35. The van der Waals surface area contributed by atoms with Crippen molar-refractivity contribution < 1.29 is 9.90 Å². The molecule has 1 N–H and O–H groups in total. The zero-order valence-electron chi connectivity index (χ0n) is 12.7. The van der Waals surface area contributed by atoms with E-state index >= 15 is 0 Å². The van der Waals surface area contributed by atoms with E-state index in [4.69, 9.17) is 0 Å². The number of rotatable bonds is 5. The zero-order chi connectivity index (χ0) is 14.7. The predicted molar refractivity (Wildman–Crippen MR) is 78.6 cm³/mol. The molecular formula is C16H26N2O2. The van der Waals surface area contributed by atoms with Gasteiger partial charge in [-0.3, -0.25) is 4.79 Å². The van der Waals surface area contributed by atoms with Crippen LogP contribution in [-0.4, -0.2) is 20.6 Å². The summed E-state index contributed by atoms with van der Waals surface area (Å²) in [5, 5.41) is 9.52. The Morgan fingerprint density at radius 1 is 1.50 bits per heavy atom. The third-order valence-electron chi connectivity index (χ3n) is 4.69. The summed E-state index contributed by atoms with van der Waals surface area (Å²) in [5.41, 5.74) is 0. The zero-order valence-corrected chi connectivity index (χ0v) is 12.7. The molecule has 1 aromatic heterocycles. The number of carbonyl (C=O) groups is 1. The van der Waals surface area contributed by atoms with E-state index < -0.39 is 5.97 Å². The van der Waals surface area contributed by atoms with Crippen LogP contribution in [0.4, 0.5) is 0 Å². The highest BCUT2D eigenvalue weighted by molar-refractivity contribution is 5.71. The fraction of sp³-hybridized carbons (Fsp3) is 0.750. The van der Waals surface area contributed by atoms with Crippen LogP contribution in [0, 0.1) is 17.8 Å². The van der Waals surface area contributed by atoms with Crippen molar-refractivity contribution in [3.05, 3.63) is 18.2 Å². The van der Waals surface area contributed by atoms with Gasteiger partial charge in [0.05, 0.1) is 5.92 Å². The molecule has 3 unspecified atom stereocenters. The van der Waals surface area contributed by atoms with Gasteiger partial charge in [-0.25, -0.2) is 4.98 Å². The van der Waals surface area contributed by atoms with E-state index in [1.54, 1.807) is 0 Å². The molecule has 0 saturated heterocycles. The second-order valence-electron chi connectivity index (χ2n) is 6.35. The largest absolute Gasteiger partial charge is 0.481 e. The van der Waals surface area contributed by atoms with Gasteiger partial charge in [0.25, 0.3) is 0 Å². The molecular weight excluding hydrogens is 252 g/mol. The molecule has 1 heterocycles. The van der Waals surface area contributed by atoms with Crippen molar-refractivity contribution in [1.29, 1.82) is 0 Å². The van der Waals surface area contributed by atoms with Crippen LogP contribution in [0.2, 0.25) is 0 Å². The Bertz CT molecular complexity index is 453. The molecule has 3 atom stereocenters. The van der Waals surface area contributed by atoms with E-state index in [9.17, 15) is 9.90 Å². The highest BCUT2D eigenvalue weighted by Gasteiger charge is 2.38. The van der Waals surface area contributed by atoms with E-state index in [1.165, 1.54) is 0 Å². The fourth-order valence-electron chi connectivity index (χ4n) is 3.47. The van der Waals surface area contributed by atoms with Crippen LogP contribution >= 0.6 is 0 Å². The van der Waals surface area contributed by atoms with Crippen LogP contribution in [0.3, 0.4) is 0 Å². The van der Waals surface area contributed by atoms with Crippen LogP contribution < -0.4 is 0 Å². The van der Waals surface area contributed by atoms with E-state index in [0.29, 0.717) is 11.8 Å². The van der Waals surface area contributed by atoms with Crippen molar-refractivity contribution in [3.63, 3.8) is 0 Å². The lowest BCUT2D eigenvalue weighted by Gasteiger charge is -2.35. The summed E-state index contributed by atoms with van der Waals surface area (Å²) in [6.45, 7) is 7.53. The molecule has 0 radical (unpaired) electrons. The Morgan fingerprint density at radius 2 is 2.25 bits per heavy atom. The summed E-state index contributed by atoms with van der Waals surface area (Å²) in [6, 6.07) is 0. The summed E-state index contributed by atoms with van der Waals surface area (Å²) < 4.78 is 2.14. The molecule has 0 spiro atoms. The first-order valence-corrected chi connectivity index (χ1v) is 7.78. The summed E-state index contributed by atoms with van der Waals surface area (Å²) >= 11 is 0. The van der Waals surface area contributed by atoms with Gasteiger partial charge in [-0.2, -0.15) is 0 Å². The lowest BCUT2D eigenvalue weighted by Crippen LogP contribution is -2.32. The van der Waals surface area contributed by atoms with Crippen LogP contribution in [-0.2, 0) is 11.3 Å². The molecule has 4 heteroatoms. The molecule has 1 aliphatic rings. The van der Waals surface area contributed by atoms with Crippen LogP contribution in [0.15, 0.2) is 12.4 Å². The molecule has 1 fully saturated rings. The predicted octanol–water partition coefficient (Wildman–Crippen LogP) is 3.53. The summed E-state index contributed by atoms with van der Waals surface area (Å²) in [5.74, 6) is 1.33. The summed E-state index contributed by atoms with van der Waals surface area (Å²) in [4.78, 5) is 16.1. The number of aryl methyl sites for hydroxylation is 1. The fourth-order valence-corrected chi connectivity index (χ4v) is 3.47. The number of hydrogen-bond donors (Lipinski definition) is 1. The molecule has 20 heavy (non-hydrogen) atoms. The minimum absolute atomic E-state index is 0.0650. The molecule has 0 bridgehead atoms. The van der Waals surface area contributed by atoms with Crippen molar-refractivity contribution in [2.45, 2.75) is 58.9 Å². The van der Waals surface area contributed by atoms with Gasteiger partial charge in [-0.1, -0.05) is 20.8 Å². The van der Waals surface area contributed by atoms with Crippen LogP contribution in [0.25, 0.3) is 0 Å². The van der Waals surface area contributed by atoms with Crippen molar-refractivity contribution in [2.75, 3.05) is 0 Å². The lowest BCUT2D eigenvalue weighted by atomic mass is 9.70. The number of hydrogen-bond acceptors (Lipinski definition) is 2. The molecule has 1 saturated carbocycles. The second kappa shape index (κ2) is 6.42. The third-order valence-corrected chi connectivity index (χ3v) is 4.69. The Labute approximate surface area is 121 Å². The number of aromatic nitrogens is 2. The maximum atomic E-state index is 11.6. The number of carboxylic acids is 1. The summed E-state index contributed by atoms with van der Waals surface area (Å²) in [6.07, 6.45) is 7.60. The van der Waals surface area contributed by atoms with E-state index in [0.717, 1.165) is 38.1 Å². The van der Waals surface area contributed by atoms with Gasteiger partial charge in [0.1, 0.15) is 5.82 Å². The normalized spacial score (nSPS) is 26.9. The summed E-state index contributed by atoms with van der Waals surface area (Å²) in [7, 11) is 0. The topological polar surface area (TPSA) is 55.1 Å². The van der Waals surface area contributed by atoms with Gasteiger partial charge in [0, 0.05) is 24.9 Å². The van der Waals surface area contributed by atoms with Gasteiger partial charge >= 0.3 is 5.97 Å². The van der Waals surface area contributed by atoms with E-state index in [1.807, 2.05) is 12.4 Å². The van der Waals surface area contributed by atoms with Crippen molar-refractivity contribution in [3.8, 4) is 0 Å². The van der Waals surface area contributed by atoms with Crippen molar-refractivity contribution in [1.82, 2.24) is 9.55 Å². The number of nitrogens with zero attached hydrogens (tertiary/aromatic N) is 2. The monoisotopic (exact) mass is 278 g/mol. The van der Waals surface area contributed by atoms with Gasteiger partial charge in [0.2, 0.25) is 0 Å². The van der Waals surface area contributed by atoms with Gasteiger partial charge in [-0.05, 0) is 37.5 Å². The minimum Gasteiger partial charge on any atom is -0.481 e. The molecule has 112 valence electrons. The first kappa shape index (κ1) is 15.1. The standard InChI is InChI=1S/C16H26N2O2/c1-4-8-18-9-7-17-15(18)14-10-12(11(2)3)5-6-13(14)16(19)20/h7,9,11-14H,4-6,8,10H2,1-3H3,(H,19,20). The Morgan fingerprint density at radius 3 is 2.85 bits per heavy atom. The first-order valence-electron chi connectivity index (χ1n) is 7.78. The molecule has 1 aromatic rings. The Kier molecular flexibility index (Phi) is 4.84. The number of imidazole rings is 1. The minimum atomic E-state index is -0.664. The smallest absolute Gasteiger partial charge is 0.307 e. The van der Waals surface area contributed by atoms with E-state index in [2.05, 4.69) is 30.3 Å². The van der Waals surface area contributed by atoms with Crippen LogP contribution in [0.5, 0.6) is 0 Å². The van der Waals surface area contributed by atoms with Crippen LogP contribution in [0.1, 0.15) is 58.2 Å². The maximum absolute atomic E-state index is 11.6. The molecule has 4 nitrogen and oxygen atoms in total. The van der Waals surface area contributed by atoms with Gasteiger partial charge in [-0.15, -0.1) is 0 Å². The third kappa shape index (κ3) is 3.05. The average molecular weight is 278 g/mol. The number of carboxylic acid groups (broad SMARTS) is 1. The highest BCUT2D eigenvalue weighted by Crippen LogP contribution is 2.42. The van der Waals surface area contributed by atoms with Crippen molar-refractivity contribution >= 4 is 5.97 Å². The molecule has 2 rings (SSSR count). The highest BCUT2D eigenvalue weighted by atomic mass is 16.4. The van der Waals surface area contributed by atoms with Gasteiger partial charge < -0.3 is 9.67 Å². The van der Waals surface area contributed by atoms with Gasteiger partial charge in [0.15, 0.2) is 0 Å². The Balaban J connectivity index is 2.26. The SMILES string of the molecule is CCCn1ccnc1C1CC(C(C)C)CCC1C(=O)O. The molecule has 0 amide bonds. The van der Waals surface area contributed by atoms with E-state index in [-0.39, 0.29) is 11.8 Å². The molecule has 0 aliphatic heterocycles. The van der Waals surface area contributed by atoms with Crippen molar-refractivity contribution in [2.24, 2.45) is 17.8 Å². The number of aliphatic carboxylic acids is 1. The molecule has 0 aromatic carbocycles. The quantitative estimate of drug-likeness (QED) is 0.896.